The summed E-state index contributed by atoms with van der Waals surface area (Å²) in [4.78, 5) is 0. The van der Waals surface area contributed by atoms with Crippen LogP contribution >= 0.6 is 0 Å². The van der Waals surface area contributed by atoms with E-state index in [0.29, 0.717) is 10.8 Å². The SMILES string of the molecule is CC1(C)C=CC(C)(C2=CC=CC2)C2CC[CH]([Zr+2])C21.[Cl-].[Cl-]. The molecule has 3 aliphatic carbocycles. The Morgan fingerprint density at radius 1 is 1.10 bits per heavy atom. The minimum Gasteiger partial charge on any atom is -1.00 e. The molecule has 0 heterocycles. The summed E-state index contributed by atoms with van der Waals surface area (Å²) in [5.74, 6) is 1.76. The maximum atomic E-state index is 2.54. The van der Waals surface area contributed by atoms with Gasteiger partial charge in [0.05, 0.1) is 0 Å². The number of hydrogen-bond donors (Lipinski definition) is 0. The number of hydrogen-bond acceptors (Lipinski definition) is 0. The van der Waals surface area contributed by atoms with Crippen molar-refractivity contribution in [3.63, 3.8) is 0 Å². The van der Waals surface area contributed by atoms with Gasteiger partial charge in [-0.15, -0.1) is 0 Å². The number of halogens is 2. The zero-order chi connectivity index (χ0) is 13.0. The van der Waals surface area contributed by atoms with Crippen molar-refractivity contribution in [3.05, 3.63) is 36.0 Å². The fraction of sp³-hybridized carbons (Fsp3) is 0.647. The van der Waals surface area contributed by atoms with E-state index in [1.807, 2.05) is 0 Å². The Hall–Kier alpha value is 0.683. The van der Waals surface area contributed by atoms with Gasteiger partial charge in [-0.05, 0) is 0 Å². The van der Waals surface area contributed by atoms with E-state index in [1.165, 1.54) is 19.3 Å². The predicted molar refractivity (Wildman–Crippen MR) is 72.8 cm³/mol. The Kier molecular flexibility index (Phi) is 6.02. The summed E-state index contributed by atoms with van der Waals surface area (Å²) < 4.78 is 0.969. The number of allylic oxidation sites excluding steroid dienone is 6. The summed E-state index contributed by atoms with van der Waals surface area (Å²) in [5, 5.41) is 0. The van der Waals surface area contributed by atoms with E-state index < -0.39 is 0 Å². The van der Waals surface area contributed by atoms with Crippen LogP contribution in [0.1, 0.15) is 40.0 Å². The van der Waals surface area contributed by atoms with Crippen LogP contribution < -0.4 is 24.8 Å². The van der Waals surface area contributed by atoms with Crippen LogP contribution in [0.2, 0.25) is 3.63 Å². The van der Waals surface area contributed by atoms with Crippen LogP contribution in [0.25, 0.3) is 0 Å². The summed E-state index contributed by atoms with van der Waals surface area (Å²) in [7, 11) is 0. The quantitative estimate of drug-likeness (QED) is 0.497. The van der Waals surface area contributed by atoms with Crippen molar-refractivity contribution in [2.24, 2.45) is 22.7 Å². The van der Waals surface area contributed by atoms with Gasteiger partial charge < -0.3 is 24.8 Å². The molecule has 4 atom stereocenters. The molecule has 0 N–H and O–H groups in total. The smallest absolute Gasteiger partial charge is 1.00 e. The molecule has 1 fully saturated rings. The van der Waals surface area contributed by atoms with Crippen molar-refractivity contribution < 1.29 is 49.5 Å². The zero-order valence-corrected chi connectivity index (χ0v) is 16.5. The van der Waals surface area contributed by atoms with Gasteiger partial charge in [0.15, 0.2) is 0 Å². The molecule has 0 aromatic rings. The Morgan fingerprint density at radius 3 is 2.40 bits per heavy atom. The third kappa shape index (κ3) is 2.80. The molecule has 0 aromatic heterocycles. The van der Waals surface area contributed by atoms with Gasteiger partial charge in [-0.25, -0.2) is 0 Å². The molecule has 109 valence electrons. The molecular weight excluding hydrogens is 366 g/mol. The van der Waals surface area contributed by atoms with E-state index in [4.69, 9.17) is 0 Å². The Balaban J connectivity index is 0.000001000. The molecule has 0 aliphatic heterocycles. The molecule has 0 radical (unpaired) electrons. The van der Waals surface area contributed by atoms with Crippen LogP contribution in [0.15, 0.2) is 36.0 Å². The standard InChI is InChI=1S/C17H23.2ClH.Zr/c1-16(2)11-12-17(3,13-7-4-5-8-13)15-10-6-9-14(15)16;;;/h4-5,7,9,11-12,14-15H,6,8,10H2,1-3H3;2*1H;/q;;;+2/p-2. The molecule has 0 amide bonds. The van der Waals surface area contributed by atoms with Crippen molar-refractivity contribution in [2.75, 3.05) is 0 Å². The van der Waals surface area contributed by atoms with Crippen molar-refractivity contribution in [3.8, 4) is 0 Å². The van der Waals surface area contributed by atoms with Gasteiger partial charge in [-0.2, -0.15) is 0 Å². The summed E-state index contributed by atoms with van der Waals surface area (Å²) in [6.07, 6.45) is 16.1. The second kappa shape index (κ2) is 6.43. The first-order valence-corrected chi connectivity index (χ1v) is 8.65. The fourth-order valence-electron chi connectivity index (χ4n) is 4.52. The van der Waals surface area contributed by atoms with Gasteiger partial charge in [0.2, 0.25) is 0 Å². The summed E-state index contributed by atoms with van der Waals surface area (Å²) in [6, 6.07) is 0. The average Bonchev–Trinajstić information content (AvgIpc) is 2.94. The first-order chi connectivity index (χ1) is 8.45. The molecular formula is C17H23Cl2Zr. The van der Waals surface area contributed by atoms with Crippen molar-refractivity contribution >= 4 is 0 Å². The van der Waals surface area contributed by atoms with Crippen molar-refractivity contribution in [1.82, 2.24) is 0 Å². The van der Waals surface area contributed by atoms with Crippen LogP contribution in [0.5, 0.6) is 0 Å². The second-order valence-corrected chi connectivity index (χ2v) is 8.90. The maximum Gasteiger partial charge on any atom is -1.00 e. The van der Waals surface area contributed by atoms with E-state index in [9.17, 15) is 0 Å². The van der Waals surface area contributed by atoms with E-state index >= 15 is 0 Å². The molecule has 0 spiro atoms. The minimum absolute atomic E-state index is 0. The van der Waals surface area contributed by atoms with Gasteiger partial charge in [0.25, 0.3) is 0 Å². The molecule has 3 aliphatic rings. The summed E-state index contributed by atoms with van der Waals surface area (Å²) in [5.41, 5.74) is 2.38. The Bertz CT molecular complexity index is 450. The van der Waals surface area contributed by atoms with Crippen LogP contribution in [-0.4, -0.2) is 0 Å². The molecule has 3 rings (SSSR count). The normalized spacial score (nSPS) is 40.6. The third-order valence-electron chi connectivity index (χ3n) is 5.61. The van der Waals surface area contributed by atoms with Crippen LogP contribution in [0, 0.1) is 22.7 Å². The zero-order valence-electron chi connectivity index (χ0n) is 12.5. The van der Waals surface area contributed by atoms with Gasteiger partial charge in [-0.3, -0.25) is 0 Å². The summed E-state index contributed by atoms with van der Waals surface area (Å²) in [6.45, 7) is 7.39. The Labute approximate surface area is 151 Å². The number of rotatable bonds is 1. The Morgan fingerprint density at radius 2 is 1.80 bits per heavy atom. The van der Waals surface area contributed by atoms with Gasteiger partial charge in [0, 0.05) is 0 Å². The molecule has 4 unspecified atom stereocenters. The van der Waals surface area contributed by atoms with Crippen LogP contribution in [-0.2, 0) is 24.7 Å². The first kappa shape index (κ1) is 18.7. The molecule has 0 bridgehead atoms. The fourth-order valence-corrected chi connectivity index (χ4v) is 6.56. The predicted octanol–water partition coefficient (Wildman–Crippen LogP) is -1.16. The van der Waals surface area contributed by atoms with Crippen LogP contribution in [0.4, 0.5) is 0 Å². The minimum atomic E-state index is 0. The largest absolute Gasteiger partial charge is 1.00 e. The van der Waals surface area contributed by atoms with Crippen LogP contribution in [0.3, 0.4) is 0 Å². The molecule has 1 saturated carbocycles. The van der Waals surface area contributed by atoms with E-state index in [1.54, 1.807) is 30.3 Å². The summed E-state index contributed by atoms with van der Waals surface area (Å²) >= 11 is 1.75. The third-order valence-corrected chi connectivity index (χ3v) is 7.20. The van der Waals surface area contributed by atoms with Crippen molar-refractivity contribution in [2.45, 2.75) is 43.7 Å². The maximum absolute atomic E-state index is 2.54. The van der Waals surface area contributed by atoms with Gasteiger partial charge >= 0.3 is 127 Å². The van der Waals surface area contributed by atoms with Crippen molar-refractivity contribution in [1.29, 1.82) is 0 Å². The first-order valence-electron chi connectivity index (χ1n) is 7.23. The van der Waals surface area contributed by atoms with Gasteiger partial charge in [0.1, 0.15) is 0 Å². The number of fused-ring (bicyclic) bond motifs is 1. The second-order valence-electron chi connectivity index (χ2n) is 7.08. The van der Waals surface area contributed by atoms with Gasteiger partial charge in [-0.1, -0.05) is 0 Å². The van der Waals surface area contributed by atoms with E-state index in [-0.39, 0.29) is 24.8 Å². The molecule has 20 heavy (non-hydrogen) atoms. The molecule has 0 saturated heterocycles. The van der Waals surface area contributed by atoms with E-state index in [2.05, 4.69) is 51.2 Å². The average molecular weight is 390 g/mol. The molecule has 3 heteroatoms. The molecule has 0 aromatic carbocycles. The topological polar surface area (TPSA) is 0 Å². The molecule has 0 nitrogen and oxygen atoms in total. The van der Waals surface area contributed by atoms with E-state index in [0.717, 1.165) is 15.5 Å². The monoisotopic (exact) mass is 387 g/mol.